The summed E-state index contributed by atoms with van der Waals surface area (Å²) < 4.78 is 39.9. The summed E-state index contributed by atoms with van der Waals surface area (Å²) in [6, 6.07) is -2.59. The minimum Gasteiger partial charge on any atom is -0.467 e. The quantitative estimate of drug-likeness (QED) is 0.476. The maximum Gasteiger partial charge on any atom is 0.419 e. The van der Waals surface area contributed by atoms with Crippen LogP contribution in [0.5, 0.6) is 0 Å². The van der Waals surface area contributed by atoms with Gasteiger partial charge < -0.3 is 10.1 Å². The zero-order chi connectivity index (χ0) is 10.6. The number of carbonyl (C=O) groups is 2. The Morgan fingerprint density at radius 2 is 1.92 bits per heavy atom. The molecule has 0 heterocycles. The van der Waals surface area contributed by atoms with E-state index in [-0.39, 0.29) is 0 Å². The Labute approximate surface area is 72.8 Å². The predicted molar refractivity (Wildman–Crippen MR) is 38.9 cm³/mol. The molecule has 0 aliphatic carbocycles. The summed E-state index contributed by atoms with van der Waals surface area (Å²) in [6.45, 7) is 0. The second kappa shape index (κ2) is 4.15. The van der Waals surface area contributed by atoms with E-state index in [2.05, 4.69) is 4.74 Å². The summed E-state index contributed by atoms with van der Waals surface area (Å²) in [5, 5.41) is 1.43. The van der Waals surface area contributed by atoms with Crippen molar-refractivity contribution in [2.45, 2.75) is 12.2 Å². The highest BCUT2D eigenvalue weighted by Gasteiger charge is 2.46. The summed E-state index contributed by atoms with van der Waals surface area (Å²) >= 11 is 0. The van der Waals surface area contributed by atoms with Crippen molar-refractivity contribution >= 4 is 19.6 Å². The van der Waals surface area contributed by atoms with Crippen LogP contribution in [0, 0.1) is 0 Å². The average molecular weight is 197 g/mol. The van der Waals surface area contributed by atoms with Crippen molar-refractivity contribution in [3.05, 3.63) is 0 Å². The van der Waals surface area contributed by atoms with E-state index in [4.69, 9.17) is 0 Å². The van der Waals surface area contributed by atoms with Crippen LogP contribution < -0.4 is 5.32 Å². The highest BCUT2D eigenvalue weighted by molar-refractivity contribution is 6.57. The maximum atomic E-state index is 12.0. The summed E-state index contributed by atoms with van der Waals surface area (Å²) in [7, 11) is 1.69. The van der Waals surface area contributed by atoms with Gasteiger partial charge in [0.1, 0.15) is 0 Å². The Balaban J connectivity index is 4.56. The molecule has 13 heavy (non-hydrogen) atoms. The lowest BCUT2D eigenvalue weighted by molar-refractivity contribution is -0.180. The van der Waals surface area contributed by atoms with E-state index in [0.717, 1.165) is 15.0 Å². The normalized spacial score (nSPS) is 13.2. The summed E-state index contributed by atoms with van der Waals surface area (Å²) in [5.74, 6) is -2.49. The first-order valence-electron chi connectivity index (χ1n) is 3.20. The smallest absolute Gasteiger partial charge is 0.419 e. The van der Waals surface area contributed by atoms with Gasteiger partial charge in [-0.25, -0.2) is 4.79 Å². The number of esters is 1. The Kier molecular flexibility index (Phi) is 3.77. The third-order valence-corrected chi connectivity index (χ3v) is 1.11. The molecule has 0 fully saturated rings. The number of carbonyl (C=O) groups excluding carboxylic acids is 2. The van der Waals surface area contributed by atoms with E-state index >= 15 is 0 Å². The first-order valence-corrected chi connectivity index (χ1v) is 3.20. The van der Waals surface area contributed by atoms with Crippen LogP contribution in [0.2, 0.25) is 0 Å². The maximum absolute atomic E-state index is 12.0. The number of hydrogen-bond acceptors (Lipinski definition) is 3. The minimum absolute atomic E-state index is 0.808. The predicted octanol–water partition coefficient (Wildman–Crippen LogP) is -0.567. The fourth-order valence-corrected chi connectivity index (χ4v) is 0.596. The lowest BCUT2D eigenvalue weighted by atomic mass is 10.1. The first kappa shape index (κ1) is 11.8. The van der Waals surface area contributed by atoms with Gasteiger partial charge in [0.25, 0.3) is 0 Å². The lowest BCUT2D eigenvalue weighted by Crippen LogP contribution is -2.50. The monoisotopic (exact) mass is 197 g/mol. The molecule has 1 unspecified atom stereocenters. The second-order valence-electron chi connectivity index (χ2n) is 2.20. The Bertz CT molecular complexity index is 218. The van der Waals surface area contributed by atoms with Crippen LogP contribution in [-0.4, -0.2) is 39.0 Å². The van der Waals surface area contributed by atoms with Gasteiger partial charge in [-0.1, -0.05) is 0 Å². The van der Waals surface area contributed by atoms with Gasteiger partial charge >= 0.3 is 12.1 Å². The number of alkyl halides is 3. The van der Waals surface area contributed by atoms with E-state index in [1.165, 1.54) is 5.32 Å². The molecular formula is C5H7BF3NO3. The van der Waals surface area contributed by atoms with E-state index in [0.29, 0.717) is 0 Å². The van der Waals surface area contributed by atoms with Gasteiger partial charge in [-0.05, 0) is 0 Å². The summed E-state index contributed by atoms with van der Waals surface area (Å²) in [5.41, 5.74) is 0. The number of hydrogen-bond donors (Lipinski definition) is 1. The van der Waals surface area contributed by atoms with Crippen LogP contribution in [0.15, 0.2) is 0 Å². The van der Waals surface area contributed by atoms with Crippen LogP contribution in [-0.2, 0) is 9.53 Å². The molecule has 0 aromatic heterocycles. The van der Waals surface area contributed by atoms with Crippen molar-refractivity contribution in [1.29, 1.82) is 0 Å². The third-order valence-electron chi connectivity index (χ3n) is 1.11. The third kappa shape index (κ3) is 3.81. The summed E-state index contributed by atoms with van der Waals surface area (Å²) in [6.07, 6.45) is -4.83. The second-order valence-corrected chi connectivity index (χ2v) is 2.20. The average Bonchev–Trinajstić information content (AvgIpc) is 1.96. The Hall–Kier alpha value is -1.21. The topological polar surface area (TPSA) is 55.4 Å². The molecule has 0 saturated carbocycles. The van der Waals surface area contributed by atoms with Crippen molar-refractivity contribution in [3.8, 4) is 0 Å². The molecule has 0 aliphatic rings. The van der Waals surface area contributed by atoms with Crippen LogP contribution in [0.4, 0.5) is 18.0 Å². The highest BCUT2D eigenvalue weighted by Crippen LogP contribution is 2.20. The SMILES string of the molecule is BC(=O)NC(C(=O)OC)C(F)(F)F. The van der Waals surface area contributed by atoms with Crippen molar-refractivity contribution in [3.63, 3.8) is 0 Å². The van der Waals surface area contributed by atoms with Crippen LogP contribution >= 0.6 is 0 Å². The van der Waals surface area contributed by atoms with E-state index in [1.807, 2.05) is 0 Å². The van der Waals surface area contributed by atoms with Crippen molar-refractivity contribution in [1.82, 2.24) is 5.32 Å². The zero-order valence-electron chi connectivity index (χ0n) is 6.94. The van der Waals surface area contributed by atoms with Gasteiger partial charge in [0.2, 0.25) is 13.9 Å². The number of nitrogens with one attached hydrogen (secondary N) is 1. The van der Waals surface area contributed by atoms with Crippen LogP contribution in [0.3, 0.4) is 0 Å². The van der Waals surface area contributed by atoms with Crippen molar-refractivity contribution in [2.24, 2.45) is 0 Å². The van der Waals surface area contributed by atoms with Gasteiger partial charge in [0.15, 0.2) is 5.81 Å². The Morgan fingerprint density at radius 1 is 1.46 bits per heavy atom. The van der Waals surface area contributed by atoms with Gasteiger partial charge in [0.05, 0.1) is 7.11 Å². The molecule has 74 valence electrons. The molecule has 1 N–H and O–H groups in total. The molecular weight excluding hydrogens is 190 g/mol. The molecule has 0 spiro atoms. The molecule has 1 atom stereocenters. The Morgan fingerprint density at radius 3 is 2.15 bits per heavy atom. The molecule has 0 aliphatic heterocycles. The standard InChI is InChI=1S/C5H7BF3NO3/c1-13-3(11)2(5(7,8)9)10-4(6)12/h2H,6H2,1H3,(H,10,12). The van der Waals surface area contributed by atoms with Crippen LogP contribution in [0.1, 0.15) is 0 Å². The van der Waals surface area contributed by atoms with E-state index < -0.39 is 24.0 Å². The molecule has 0 aromatic carbocycles. The number of ether oxygens (including phenoxy) is 1. The number of rotatable bonds is 2. The van der Waals surface area contributed by atoms with Gasteiger partial charge in [-0.2, -0.15) is 13.2 Å². The molecule has 0 rings (SSSR count). The first-order chi connectivity index (χ1) is 5.79. The molecule has 0 radical (unpaired) electrons. The van der Waals surface area contributed by atoms with E-state index in [1.54, 1.807) is 0 Å². The fourth-order valence-electron chi connectivity index (χ4n) is 0.596. The van der Waals surface area contributed by atoms with Gasteiger partial charge in [-0.15, -0.1) is 0 Å². The molecule has 0 bridgehead atoms. The summed E-state index contributed by atoms with van der Waals surface area (Å²) in [4.78, 5) is 20.8. The molecule has 0 aromatic rings. The molecule has 4 nitrogen and oxygen atoms in total. The van der Waals surface area contributed by atoms with Gasteiger partial charge in [-0.3, -0.25) is 4.79 Å². The van der Waals surface area contributed by atoms with Gasteiger partial charge in [0, 0.05) is 0 Å². The van der Waals surface area contributed by atoms with Crippen molar-refractivity contribution < 1.29 is 27.5 Å². The van der Waals surface area contributed by atoms with E-state index in [9.17, 15) is 22.8 Å². The molecule has 0 saturated heterocycles. The number of halogens is 3. The number of methoxy groups -OCH3 is 1. The minimum atomic E-state index is -4.83. The fraction of sp³-hybridized carbons (Fsp3) is 0.600. The van der Waals surface area contributed by atoms with Crippen LogP contribution in [0.25, 0.3) is 0 Å². The highest BCUT2D eigenvalue weighted by atomic mass is 19.4. The zero-order valence-corrected chi connectivity index (χ0v) is 6.94. The molecule has 8 heteroatoms. The van der Waals surface area contributed by atoms with Crippen molar-refractivity contribution in [2.75, 3.05) is 7.11 Å². The largest absolute Gasteiger partial charge is 0.467 e. The lowest BCUT2D eigenvalue weighted by Gasteiger charge is -2.18. The number of amides is 1. The molecule has 1 amide bonds.